The summed E-state index contributed by atoms with van der Waals surface area (Å²) in [6, 6.07) is 14.0. The van der Waals surface area contributed by atoms with E-state index >= 15 is 0 Å². The highest BCUT2D eigenvalue weighted by molar-refractivity contribution is 5.93. The molecule has 0 spiro atoms. The number of aliphatic hydroxyl groups is 1. The zero-order valence-electron chi connectivity index (χ0n) is 15.5. The van der Waals surface area contributed by atoms with Crippen LogP contribution in [0.1, 0.15) is 35.3 Å². The molecule has 1 fully saturated rings. The zero-order valence-corrected chi connectivity index (χ0v) is 15.5. The van der Waals surface area contributed by atoms with Crippen molar-refractivity contribution in [1.29, 1.82) is 0 Å². The Balaban J connectivity index is 1.76. The maximum absolute atomic E-state index is 12.7. The van der Waals surface area contributed by atoms with Crippen LogP contribution in [0.5, 0.6) is 0 Å². The van der Waals surface area contributed by atoms with Crippen LogP contribution in [0.25, 0.3) is 0 Å². The first kappa shape index (κ1) is 19.8. The van der Waals surface area contributed by atoms with E-state index in [1.54, 1.807) is 0 Å². The van der Waals surface area contributed by atoms with Gasteiger partial charge in [-0.25, -0.2) is 0 Å². The summed E-state index contributed by atoms with van der Waals surface area (Å²) in [5, 5.41) is 20.4. The van der Waals surface area contributed by atoms with Gasteiger partial charge in [0.25, 0.3) is 5.91 Å². The Kier molecular flexibility index (Phi) is 5.94. The number of aryl methyl sites for hydroxylation is 1. The molecule has 1 aromatic heterocycles. The van der Waals surface area contributed by atoms with Gasteiger partial charge in [0.15, 0.2) is 0 Å². The molecule has 1 aliphatic heterocycles. The zero-order chi connectivity index (χ0) is 20.1. The maximum atomic E-state index is 12.7. The summed E-state index contributed by atoms with van der Waals surface area (Å²) in [4.78, 5) is 40.2. The van der Waals surface area contributed by atoms with E-state index in [4.69, 9.17) is 0 Å². The van der Waals surface area contributed by atoms with Gasteiger partial charge in [0.05, 0.1) is 6.10 Å². The van der Waals surface area contributed by atoms with Crippen LogP contribution in [0, 0.1) is 5.41 Å². The average molecular weight is 384 g/mol. The number of likely N-dealkylation sites (tertiary alicyclic amines) is 1. The molecule has 7 nitrogen and oxygen atoms in total. The smallest absolute Gasteiger partial charge is 0.314 e. The standard InChI is InChI=1S/C21H24N2O5/c24-17-11-13-23(19(26)16-9-4-10-18(25)22-16)14-21(17,20(27)28)12-5-8-15-6-2-1-3-7-15/h1-4,6-7,9-10,17,24H,5,8,11-14H2,(H,22,25)(H,27,28)/t17-,21-/m1/s1. The number of piperidine rings is 1. The fourth-order valence-corrected chi connectivity index (χ4v) is 3.81. The Morgan fingerprint density at radius 3 is 2.57 bits per heavy atom. The van der Waals surface area contributed by atoms with Gasteiger partial charge < -0.3 is 20.1 Å². The van der Waals surface area contributed by atoms with Crippen molar-refractivity contribution in [2.24, 2.45) is 5.41 Å². The van der Waals surface area contributed by atoms with Crippen LogP contribution in [0.3, 0.4) is 0 Å². The molecule has 3 N–H and O–H groups in total. The second-order valence-corrected chi connectivity index (χ2v) is 7.26. The van der Waals surface area contributed by atoms with Gasteiger partial charge in [0.2, 0.25) is 5.56 Å². The number of carbonyl (C=O) groups is 2. The summed E-state index contributed by atoms with van der Waals surface area (Å²) in [5.74, 6) is -1.54. The van der Waals surface area contributed by atoms with Crippen molar-refractivity contribution in [2.75, 3.05) is 13.1 Å². The van der Waals surface area contributed by atoms with Crippen molar-refractivity contribution < 1.29 is 19.8 Å². The lowest BCUT2D eigenvalue weighted by molar-refractivity contribution is -0.162. The number of benzene rings is 1. The van der Waals surface area contributed by atoms with Gasteiger partial charge in [-0.3, -0.25) is 14.4 Å². The monoisotopic (exact) mass is 384 g/mol. The lowest BCUT2D eigenvalue weighted by Crippen LogP contribution is -2.57. The molecule has 2 atom stereocenters. The van der Waals surface area contributed by atoms with Crippen LogP contribution in [0.15, 0.2) is 53.3 Å². The number of H-pyrrole nitrogens is 1. The summed E-state index contributed by atoms with van der Waals surface area (Å²) in [7, 11) is 0. The third-order valence-electron chi connectivity index (χ3n) is 5.43. The molecular formula is C21H24N2O5. The van der Waals surface area contributed by atoms with E-state index < -0.39 is 29.0 Å². The van der Waals surface area contributed by atoms with Crippen molar-refractivity contribution in [3.63, 3.8) is 0 Å². The Hall–Kier alpha value is -2.93. The fourth-order valence-electron chi connectivity index (χ4n) is 3.81. The summed E-state index contributed by atoms with van der Waals surface area (Å²) < 4.78 is 0. The number of hydrogen-bond acceptors (Lipinski definition) is 4. The molecule has 28 heavy (non-hydrogen) atoms. The molecule has 1 saturated heterocycles. The van der Waals surface area contributed by atoms with Crippen molar-refractivity contribution >= 4 is 11.9 Å². The van der Waals surface area contributed by atoms with Crippen molar-refractivity contribution in [1.82, 2.24) is 9.88 Å². The summed E-state index contributed by atoms with van der Waals surface area (Å²) in [6.07, 6.45) is 0.688. The molecule has 0 radical (unpaired) electrons. The number of aromatic amines is 1. The molecule has 148 valence electrons. The molecule has 1 amide bonds. The third kappa shape index (κ3) is 4.14. The van der Waals surface area contributed by atoms with Crippen LogP contribution in [0.4, 0.5) is 0 Å². The molecule has 7 heteroatoms. The Labute approximate surface area is 162 Å². The highest BCUT2D eigenvalue weighted by atomic mass is 16.4. The number of aromatic nitrogens is 1. The van der Waals surface area contributed by atoms with Gasteiger partial charge in [0.1, 0.15) is 11.1 Å². The predicted octanol–water partition coefficient (Wildman–Crippen LogP) is 1.68. The first-order valence-electron chi connectivity index (χ1n) is 9.36. The number of rotatable bonds is 6. The van der Waals surface area contributed by atoms with E-state index in [1.807, 2.05) is 30.3 Å². The highest BCUT2D eigenvalue weighted by Gasteiger charge is 2.49. The van der Waals surface area contributed by atoms with E-state index in [1.165, 1.54) is 23.1 Å². The molecule has 2 aromatic rings. The van der Waals surface area contributed by atoms with Gasteiger partial charge in [-0.15, -0.1) is 0 Å². The SMILES string of the molecule is O=C(c1cccc(=O)[nH]1)N1CC[C@@H](O)[C@](CCCc2ccccc2)(C(=O)O)C1. The first-order chi connectivity index (χ1) is 13.4. The van der Waals surface area contributed by atoms with Gasteiger partial charge in [-0.05, 0) is 37.3 Å². The van der Waals surface area contributed by atoms with E-state index in [0.717, 1.165) is 5.56 Å². The van der Waals surface area contributed by atoms with Crippen LogP contribution >= 0.6 is 0 Å². The molecule has 1 aliphatic rings. The van der Waals surface area contributed by atoms with E-state index in [9.17, 15) is 24.6 Å². The number of carboxylic acid groups (broad SMARTS) is 1. The average Bonchev–Trinajstić information content (AvgIpc) is 2.69. The van der Waals surface area contributed by atoms with Crippen LogP contribution in [-0.2, 0) is 11.2 Å². The van der Waals surface area contributed by atoms with Crippen LogP contribution in [0.2, 0.25) is 0 Å². The molecule has 0 unspecified atom stereocenters. The molecular weight excluding hydrogens is 360 g/mol. The van der Waals surface area contributed by atoms with E-state index in [2.05, 4.69) is 4.98 Å². The first-order valence-corrected chi connectivity index (χ1v) is 9.36. The summed E-state index contributed by atoms with van der Waals surface area (Å²) >= 11 is 0. The maximum Gasteiger partial charge on any atom is 0.314 e. The number of nitrogens with zero attached hydrogens (tertiary/aromatic N) is 1. The van der Waals surface area contributed by atoms with Crippen molar-refractivity contribution in [3.05, 3.63) is 70.1 Å². The third-order valence-corrected chi connectivity index (χ3v) is 5.43. The largest absolute Gasteiger partial charge is 0.481 e. The number of pyridine rings is 1. The van der Waals surface area contributed by atoms with Crippen LogP contribution in [-0.4, -0.2) is 51.2 Å². The topological polar surface area (TPSA) is 111 Å². The molecule has 2 heterocycles. The number of amides is 1. The van der Waals surface area contributed by atoms with Gasteiger partial charge in [-0.2, -0.15) is 0 Å². The Bertz CT molecular complexity index is 895. The number of carboxylic acids is 1. The summed E-state index contributed by atoms with van der Waals surface area (Å²) in [6.45, 7) is 0.151. The Morgan fingerprint density at radius 2 is 1.89 bits per heavy atom. The minimum Gasteiger partial charge on any atom is -0.481 e. The quantitative estimate of drug-likeness (QED) is 0.702. The van der Waals surface area contributed by atoms with Crippen molar-refractivity contribution in [2.45, 2.75) is 31.8 Å². The minimum absolute atomic E-state index is 0.0892. The number of aliphatic hydroxyl groups excluding tert-OH is 1. The normalized spacial score (nSPS) is 22.0. The second-order valence-electron chi connectivity index (χ2n) is 7.26. The number of aliphatic carboxylic acids is 1. The van der Waals surface area contributed by atoms with Gasteiger partial charge in [0, 0.05) is 19.2 Å². The Morgan fingerprint density at radius 1 is 1.14 bits per heavy atom. The summed E-state index contributed by atoms with van der Waals surface area (Å²) in [5.41, 5.74) is -0.594. The molecule has 3 rings (SSSR count). The lowest BCUT2D eigenvalue weighted by Gasteiger charge is -2.43. The van der Waals surface area contributed by atoms with Gasteiger partial charge >= 0.3 is 5.97 Å². The van der Waals surface area contributed by atoms with E-state index in [0.29, 0.717) is 12.8 Å². The fraction of sp³-hybridized carbons (Fsp3) is 0.381. The lowest BCUT2D eigenvalue weighted by atomic mass is 9.73. The van der Waals surface area contributed by atoms with Crippen molar-refractivity contribution in [3.8, 4) is 0 Å². The number of hydrogen-bond donors (Lipinski definition) is 3. The number of nitrogens with one attached hydrogen (secondary N) is 1. The predicted molar refractivity (Wildman–Crippen MR) is 103 cm³/mol. The minimum atomic E-state index is -1.42. The second kappa shape index (κ2) is 8.39. The number of carbonyl (C=O) groups excluding carboxylic acids is 1. The van der Waals surface area contributed by atoms with Crippen LogP contribution < -0.4 is 5.56 Å². The van der Waals surface area contributed by atoms with Gasteiger partial charge in [-0.1, -0.05) is 36.4 Å². The molecule has 0 aliphatic carbocycles. The molecule has 0 bridgehead atoms. The van der Waals surface area contributed by atoms with E-state index in [-0.39, 0.29) is 31.6 Å². The highest BCUT2D eigenvalue weighted by Crippen LogP contribution is 2.36. The molecule has 0 saturated carbocycles. The molecule has 1 aromatic carbocycles.